The Bertz CT molecular complexity index is 732. The summed E-state index contributed by atoms with van der Waals surface area (Å²) in [5.41, 5.74) is 3.78. The lowest BCUT2D eigenvalue weighted by molar-refractivity contribution is 0.475. The third kappa shape index (κ3) is 4.54. The molecule has 1 N–H and O–H groups in total. The van der Waals surface area contributed by atoms with Gasteiger partial charge in [-0.1, -0.05) is 30.3 Å². The van der Waals surface area contributed by atoms with E-state index >= 15 is 0 Å². The zero-order chi connectivity index (χ0) is 18.4. The summed E-state index contributed by atoms with van der Waals surface area (Å²) in [4.78, 5) is 13.5. The molecule has 0 unspecified atom stereocenters. The highest BCUT2D eigenvalue weighted by Gasteiger charge is 2.13. The molecule has 138 valence electrons. The van der Waals surface area contributed by atoms with E-state index in [1.165, 1.54) is 29.5 Å². The van der Waals surface area contributed by atoms with Crippen LogP contribution in [-0.4, -0.2) is 43.0 Å². The fourth-order valence-corrected chi connectivity index (χ4v) is 3.34. The van der Waals surface area contributed by atoms with Crippen molar-refractivity contribution in [1.82, 2.24) is 15.2 Å². The first kappa shape index (κ1) is 18.2. The standard InChI is InChI=1S/C21H29N5/c1-17-8-4-5-9-19(17)16-25(3)21(22-2)24-15-18-10-11-20(23-14-18)26-12-6-7-13-26/h4-5,8-11,14H,6-7,12-13,15-16H2,1-3H3,(H,22,24). The molecular formula is C21H29N5. The first-order valence-corrected chi connectivity index (χ1v) is 9.33. The van der Waals surface area contributed by atoms with E-state index in [2.05, 4.69) is 75.5 Å². The maximum atomic E-state index is 4.62. The highest BCUT2D eigenvalue weighted by Crippen LogP contribution is 2.17. The number of aryl methyl sites for hydroxylation is 1. The summed E-state index contributed by atoms with van der Waals surface area (Å²) in [5.74, 6) is 1.98. The molecule has 0 radical (unpaired) electrons. The van der Waals surface area contributed by atoms with Crippen molar-refractivity contribution in [1.29, 1.82) is 0 Å². The molecule has 1 aromatic heterocycles. The van der Waals surface area contributed by atoms with Gasteiger partial charge in [-0.15, -0.1) is 0 Å². The zero-order valence-corrected chi connectivity index (χ0v) is 16.1. The number of hydrogen-bond donors (Lipinski definition) is 1. The molecule has 1 aliphatic rings. The van der Waals surface area contributed by atoms with Gasteiger partial charge < -0.3 is 15.1 Å². The van der Waals surface area contributed by atoms with Crippen LogP contribution >= 0.6 is 0 Å². The van der Waals surface area contributed by atoms with Crippen LogP contribution in [0.25, 0.3) is 0 Å². The van der Waals surface area contributed by atoms with Crippen molar-refractivity contribution in [3.05, 3.63) is 59.3 Å². The summed E-state index contributed by atoms with van der Waals surface area (Å²) in [6.45, 7) is 5.95. The number of guanidine groups is 1. The molecule has 0 spiro atoms. The van der Waals surface area contributed by atoms with Gasteiger partial charge in [0.2, 0.25) is 0 Å². The van der Waals surface area contributed by atoms with Crippen LogP contribution in [0.3, 0.4) is 0 Å². The van der Waals surface area contributed by atoms with Gasteiger partial charge >= 0.3 is 0 Å². The zero-order valence-electron chi connectivity index (χ0n) is 16.1. The Morgan fingerprint density at radius 1 is 1.19 bits per heavy atom. The number of benzene rings is 1. The van der Waals surface area contributed by atoms with Gasteiger partial charge in [0.1, 0.15) is 5.82 Å². The summed E-state index contributed by atoms with van der Waals surface area (Å²) in [6, 6.07) is 12.8. The molecule has 2 heterocycles. The van der Waals surface area contributed by atoms with Gasteiger partial charge in [-0.2, -0.15) is 0 Å². The number of aliphatic imine (C=N–C) groups is 1. The SMILES string of the molecule is CN=C(NCc1ccc(N2CCCC2)nc1)N(C)Cc1ccccc1C. The second-order valence-electron chi connectivity index (χ2n) is 6.90. The number of pyridine rings is 1. The van der Waals surface area contributed by atoms with Crippen LogP contribution in [0.5, 0.6) is 0 Å². The van der Waals surface area contributed by atoms with Crippen molar-refractivity contribution in [2.75, 3.05) is 32.1 Å². The van der Waals surface area contributed by atoms with Gasteiger partial charge in [0.05, 0.1) is 0 Å². The van der Waals surface area contributed by atoms with E-state index in [-0.39, 0.29) is 0 Å². The molecule has 3 rings (SSSR count). The van der Waals surface area contributed by atoms with E-state index < -0.39 is 0 Å². The summed E-state index contributed by atoms with van der Waals surface area (Å²) in [6.07, 6.45) is 4.51. The average molecular weight is 351 g/mol. The quantitative estimate of drug-likeness (QED) is 0.664. The Kier molecular flexibility index (Phi) is 6.10. The highest BCUT2D eigenvalue weighted by atomic mass is 15.3. The summed E-state index contributed by atoms with van der Waals surface area (Å²) in [7, 11) is 3.89. The Balaban J connectivity index is 1.55. The lowest BCUT2D eigenvalue weighted by atomic mass is 10.1. The molecule has 2 aromatic rings. The number of nitrogens with one attached hydrogen (secondary N) is 1. The third-order valence-corrected chi connectivity index (χ3v) is 4.93. The Morgan fingerprint density at radius 2 is 1.96 bits per heavy atom. The molecule has 1 aliphatic heterocycles. The average Bonchev–Trinajstić information content (AvgIpc) is 3.19. The smallest absolute Gasteiger partial charge is 0.193 e. The van der Waals surface area contributed by atoms with Crippen molar-refractivity contribution in [2.24, 2.45) is 4.99 Å². The Labute approximate surface area is 156 Å². The minimum atomic E-state index is 0.720. The molecule has 1 fully saturated rings. The minimum Gasteiger partial charge on any atom is -0.357 e. The lowest BCUT2D eigenvalue weighted by Gasteiger charge is -2.23. The van der Waals surface area contributed by atoms with Gasteiger partial charge in [0, 0.05) is 46.5 Å². The molecule has 0 atom stereocenters. The van der Waals surface area contributed by atoms with Gasteiger partial charge in [-0.25, -0.2) is 4.98 Å². The fraction of sp³-hybridized carbons (Fsp3) is 0.429. The van der Waals surface area contributed by atoms with Gasteiger partial charge in [0.15, 0.2) is 5.96 Å². The number of nitrogens with zero attached hydrogens (tertiary/aromatic N) is 4. The first-order valence-electron chi connectivity index (χ1n) is 9.33. The largest absolute Gasteiger partial charge is 0.357 e. The van der Waals surface area contributed by atoms with E-state index in [1.807, 2.05) is 13.2 Å². The molecular weight excluding hydrogens is 322 g/mol. The maximum Gasteiger partial charge on any atom is 0.193 e. The van der Waals surface area contributed by atoms with Gasteiger partial charge in [-0.05, 0) is 42.5 Å². The molecule has 0 aliphatic carbocycles. The lowest BCUT2D eigenvalue weighted by Crippen LogP contribution is -2.38. The number of rotatable bonds is 5. The maximum absolute atomic E-state index is 4.62. The first-order chi connectivity index (χ1) is 12.7. The molecule has 1 aromatic carbocycles. The van der Waals surface area contributed by atoms with Crippen molar-refractivity contribution >= 4 is 11.8 Å². The molecule has 26 heavy (non-hydrogen) atoms. The third-order valence-electron chi connectivity index (χ3n) is 4.93. The summed E-state index contributed by atoms with van der Waals surface area (Å²) in [5, 5.41) is 3.44. The Hall–Kier alpha value is -2.56. The van der Waals surface area contributed by atoms with Gasteiger partial charge in [0.25, 0.3) is 0 Å². The molecule has 5 heteroatoms. The van der Waals surface area contributed by atoms with Crippen molar-refractivity contribution < 1.29 is 0 Å². The van der Waals surface area contributed by atoms with E-state index in [0.717, 1.165) is 38.0 Å². The molecule has 0 amide bonds. The van der Waals surface area contributed by atoms with E-state index in [1.54, 1.807) is 0 Å². The summed E-state index contributed by atoms with van der Waals surface area (Å²) < 4.78 is 0. The van der Waals surface area contributed by atoms with Crippen LogP contribution in [0.1, 0.15) is 29.5 Å². The monoisotopic (exact) mass is 351 g/mol. The predicted octanol–water partition coefficient (Wildman–Crippen LogP) is 3.20. The topological polar surface area (TPSA) is 43.8 Å². The van der Waals surface area contributed by atoms with Gasteiger partial charge in [-0.3, -0.25) is 4.99 Å². The normalized spacial score (nSPS) is 14.6. The van der Waals surface area contributed by atoms with Crippen LogP contribution < -0.4 is 10.2 Å². The van der Waals surface area contributed by atoms with E-state index in [9.17, 15) is 0 Å². The number of anilines is 1. The van der Waals surface area contributed by atoms with Crippen LogP contribution in [0.2, 0.25) is 0 Å². The molecule has 0 bridgehead atoms. The van der Waals surface area contributed by atoms with Crippen LogP contribution in [-0.2, 0) is 13.1 Å². The summed E-state index contributed by atoms with van der Waals surface area (Å²) >= 11 is 0. The van der Waals surface area contributed by atoms with Crippen LogP contribution in [0.4, 0.5) is 5.82 Å². The van der Waals surface area contributed by atoms with E-state index in [4.69, 9.17) is 0 Å². The van der Waals surface area contributed by atoms with Crippen LogP contribution in [0.15, 0.2) is 47.6 Å². The number of aromatic nitrogens is 1. The molecule has 1 saturated heterocycles. The van der Waals surface area contributed by atoms with Crippen molar-refractivity contribution in [3.8, 4) is 0 Å². The van der Waals surface area contributed by atoms with Crippen molar-refractivity contribution in [3.63, 3.8) is 0 Å². The van der Waals surface area contributed by atoms with Crippen molar-refractivity contribution in [2.45, 2.75) is 32.9 Å². The highest BCUT2D eigenvalue weighted by molar-refractivity contribution is 5.79. The molecule has 0 saturated carbocycles. The van der Waals surface area contributed by atoms with Crippen LogP contribution in [0, 0.1) is 6.92 Å². The fourth-order valence-electron chi connectivity index (χ4n) is 3.34. The predicted molar refractivity (Wildman–Crippen MR) is 109 cm³/mol. The Morgan fingerprint density at radius 3 is 2.62 bits per heavy atom. The van der Waals surface area contributed by atoms with E-state index in [0.29, 0.717) is 0 Å². The number of hydrogen-bond acceptors (Lipinski definition) is 3. The second-order valence-corrected chi connectivity index (χ2v) is 6.90. The second kappa shape index (κ2) is 8.70. The minimum absolute atomic E-state index is 0.720. The molecule has 5 nitrogen and oxygen atoms in total.